The first-order valence-corrected chi connectivity index (χ1v) is 6.68. The number of hydrogen-bond donors (Lipinski definition) is 1. The van der Waals surface area contributed by atoms with Crippen LogP contribution in [0.25, 0.3) is 10.9 Å². The van der Waals surface area contributed by atoms with E-state index in [1.807, 2.05) is 41.4 Å². The van der Waals surface area contributed by atoms with Gasteiger partial charge in [-0.05, 0) is 12.1 Å². The smallest absolute Gasteiger partial charge is 0.270 e. The van der Waals surface area contributed by atoms with E-state index in [0.29, 0.717) is 12.2 Å². The minimum atomic E-state index is 0.0375. The van der Waals surface area contributed by atoms with Crippen molar-refractivity contribution in [2.75, 3.05) is 6.54 Å². The van der Waals surface area contributed by atoms with Gasteiger partial charge in [-0.1, -0.05) is 18.2 Å². The Kier molecular flexibility index (Phi) is 2.39. The number of hydrogen-bond acceptors (Lipinski definition) is 2. The molecule has 0 atom stereocenters. The van der Waals surface area contributed by atoms with Crippen LogP contribution in [0.4, 0.5) is 0 Å². The van der Waals surface area contributed by atoms with Gasteiger partial charge >= 0.3 is 0 Å². The molecular weight excluding hydrogens is 252 g/mol. The van der Waals surface area contributed by atoms with Crippen LogP contribution in [0.5, 0.6) is 0 Å². The van der Waals surface area contributed by atoms with Gasteiger partial charge in [0.1, 0.15) is 11.5 Å². The van der Waals surface area contributed by atoms with Gasteiger partial charge in [-0.3, -0.25) is 4.79 Å². The van der Waals surface area contributed by atoms with E-state index in [4.69, 9.17) is 0 Å². The molecular formula is C15H14N4O. The van der Waals surface area contributed by atoms with Crippen LogP contribution in [-0.2, 0) is 13.1 Å². The number of fused-ring (bicyclic) bond motifs is 2. The van der Waals surface area contributed by atoms with Gasteiger partial charge in [0.05, 0.1) is 6.54 Å². The Bertz CT molecular complexity index is 753. The zero-order valence-electron chi connectivity index (χ0n) is 10.9. The van der Waals surface area contributed by atoms with Crippen molar-refractivity contribution in [3.05, 3.63) is 54.2 Å². The van der Waals surface area contributed by atoms with Crippen molar-refractivity contribution in [3.63, 3.8) is 0 Å². The molecule has 5 heteroatoms. The largest absolute Gasteiger partial charge is 0.351 e. The average molecular weight is 266 g/mol. The highest BCUT2D eigenvalue weighted by Gasteiger charge is 2.23. The van der Waals surface area contributed by atoms with Crippen LogP contribution in [0, 0.1) is 0 Å². The maximum Gasteiger partial charge on any atom is 0.270 e. The zero-order chi connectivity index (χ0) is 13.5. The van der Waals surface area contributed by atoms with Crippen molar-refractivity contribution >= 4 is 16.8 Å². The number of imidazole rings is 1. The molecule has 0 bridgehead atoms. The van der Waals surface area contributed by atoms with E-state index < -0.39 is 0 Å². The lowest BCUT2D eigenvalue weighted by Crippen LogP contribution is -2.38. The standard InChI is InChI=1S/C15H14N4O/c20-15(13-9-11-3-1-2-4-12(11)17-13)19-8-7-18-6-5-16-14(18)10-19/h1-6,9,17H,7-8,10H2. The third-order valence-corrected chi connectivity index (χ3v) is 3.79. The molecule has 5 nitrogen and oxygen atoms in total. The molecule has 0 saturated heterocycles. The summed E-state index contributed by atoms with van der Waals surface area (Å²) in [6, 6.07) is 9.84. The highest BCUT2D eigenvalue weighted by Crippen LogP contribution is 2.18. The summed E-state index contributed by atoms with van der Waals surface area (Å²) in [5.41, 5.74) is 1.64. The summed E-state index contributed by atoms with van der Waals surface area (Å²) >= 11 is 0. The molecule has 0 aliphatic carbocycles. The van der Waals surface area contributed by atoms with E-state index in [-0.39, 0.29) is 5.91 Å². The van der Waals surface area contributed by atoms with Gasteiger partial charge in [-0.25, -0.2) is 4.98 Å². The van der Waals surface area contributed by atoms with Crippen molar-refractivity contribution in [1.29, 1.82) is 0 Å². The number of nitrogens with one attached hydrogen (secondary N) is 1. The molecule has 1 amide bonds. The quantitative estimate of drug-likeness (QED) is 0.732. The Labute approximate surface area is 115 Å². The number of H-pyrrole nitrogens is 1. The predicted molar refractivity (Wildman–Crippen MR) is 75.3 cm³/mol. The Balaban J connectivity index is 1.64. The Morgan fingerprint density at radius 2 is 2.15 bits per heavy atom. The number of rotatable bonds is 1. The molecule has 0 saturated carbocycles. The second-order valence-corrected chi connectivity index (χ2v) is 5.03. The van der Waals surface area contributed by atoms with Crippen LogP contribution >= 0.6 is 0 Å². The molecule has 3 heterocycles. The topological polar surface area (TPSA) is 53.9 Å². The maximum atomic E-state index is 12.6. The summed E-state index contributed by atoms with van der Waals surface area (Å²) in [5.74, 6) is 0.983. The Morgan fingerprint density at radius 1 is 1.25 bits per heavy atom. The molecule has 0 fully saturated rings. The summed E-state index contributed by atoms with van der Waals surface area (Å²) in [4.78, 5) is 21.9. The lowest BCUT2D eigenvalue weighted by atomic mass is 10.2. The molecule has 1 aliphatic heterocycles. The number of aromatic amines is 1. The molecule has 0 spiro atoms. The third kappa shape index (κ3) is 1.71. The fourth-order valence-corrected chi connectivity index (χ4v) is 2.71. The molecule has 0 unspecified atom stereocenters. The van der Waals surface area contributed by atoms with E-state index in [1.54, 1.807) is 6.20 Å². The molecule has 2 aromatic heterocycles. The lowest BCUT2D eigenvalue weighted by molar-refractivity contribution is 0.0702. The molecule has 3 aromatic rings. The van der Waals surface area contributed by atoms with Crippen LogP contribution in [0.3, 0.4) is 0 Å². The first-order valence-electron chi connectivity index (χ1n) is 6.68. The van der Waals surface area contributed by atoms with Gasteiger partial charge in [-0.15, -0.1) is 0 Å². The normalized spacial score (nSPS) is 14.5. The van der Waals surface area contributed by atoms with Crippen molar-refractivity contribution in [2.45, 2.75) is 13.1 Å². The van der Waals surface area contributed by atoms with Gasteiger partial charge in [-0.2, -0.15) is 0 Å². The monoisotopic (exact) mass is 266 g/mol. The lowest BCUT2D eigenvalue weighted by Gasteiger charge is -2.27. The average Bonchev–Trinajstić information content (AvgIpc) is 3.11. The molecule has 1 N–H and O–H groups in total. The number of aromatic nitrogens is 3. The Hall–Kier alpha value is -2.56. The Morgan fingerprint density at radius 3 is 3.05 bits per heavy atom. The highest BCUT2D eigenvalue weighted by atomic mass is 16.2. The third-order valence-electron chi connectivity index (χ3n) is 3.79. The minimum Gasteiger partial charge on any atom is -0.351 e. The maximum absolute atomic E-state index is 12.6. The van der Waals surface area contributed by atoms with Gasteiger partial charge < -0.3 is 14.5 Å². The van der Waals surface area contributed by atoms with Crippen LogP contribution < -0.4 is 0 Å². The van der Waals surface area contributed by atoms with E-state index in [9.17, 15) is 4.79 Å². The van der Waals surface area contributed by atoms with Crippen LogP contribution in [0.15, 0.2) is 42.7 Å². The molecule has 4 rings (SSSR count). The number of para-hydroxylation sites is 1. The predicted octanol–water partition coefficient (Wildman–Crippen LogP) is 2.02. The van der Waals surface area contributed by atoms with Crippen molar-refractivity contribution in [2.24, 2.45) is 0 Å². The van der Waals surface area contributed by atoms with Gasteiger partial charge in [0, 0.05) is 36.4 Å². The summed E-state index contributed by atoms with van der Waals surface area (Å²) in [7, 11) is 0. The van der Waals surface area contributed by atoms with Gasteiger partial charge in [0.2, 0.25) is 0 Å². The van der Waals surface area contributed by atoms with E-state index in [1.165, 1.54) is 0 Å². The van der Waals surface area contributed by atoms with Crippen LogP contribution in [0.1, 0.15) is 16.3 Å². The molecule has 1 aliphatic rings. The van der Waals surface area contributed by atoms with Crippen molar-refractivity contribution in [1.82, 2.24) is 19.4 Å². The van der Waals surface area contributed by atoms with Gasteiger partial charge in [0.25, 0.3) is 5.91 Å². The first-order chi connectivity index (χ1) is 9.81. The van der Waals surface area contributed by atoms with Crippen molar-refractivity contribution in [3.8, 4) is 0 Å². The minimum absolute atomic E-state index is 0.0375. The highest BCUT2D eigenvalue weighted by molar-refractivity contribution is 5.98. The summed E-state index contributed by atoms with van der Waals surface area (Å²) in [6.45, 7) is 2.10. The van der Waals surface area contributed by atoms with E-state index in [0.717, 1.165) is 29.8 Å². The number of benzene rings is 1. The molecule has 100 valence electrons. The second kappa shape index (κ2) is 4.23. The van der Waals surface area contributed by atoms with E-state index >= 15 is 0 Å². The van der Waals surface area contributed by atoms with E-state index in [2.05, 4.69) is 14.5 Å². The van der Waals surface area contributed by atoms with Crippen LogP contribution in [0.2, 0.25) is 0 Å². The number of carbonyl (C=O) groups excluding carboxylic acids is 1. The molecule has 1 aromatic carbocycles. The van der Waals surface area contributed by atoms with Gasteiger partial charge in [0.15, 0.2) is 0 Å². The second-order valence-electron chi connectivity index (χ2n) is 5.03. The zero-order valence-corrected chi connectivity index (χ0v) is 10.9. The first kappa shape index (κ1) is 11.3. The molecule has 0 radical (unpaired) electrons. The summed E-state index contributed by atoms with van der Waals surface area (Å²) in [6.07, 6.45) is 3.74. The fraction of sp³-hybridized carbons (Fsp3) is 0.200. The summed E-state index contributed by atoms with van der Waals surface area (Å²) in [5, 5.41) is 1.06. The number of carbonyl (C=O) groups is 1. The van der Waals surface area contributed by atoms with Crippen molar-refractivity contribution < 1.29 is 4.79 Å². The molecule has 20 heavy (non-hydrogen) atoms. The fourth-order valence-electron chi connectivity index (χ4n) is 2.71. The summed E-state index contributed by atoms with van der Waals surface area (Å²) < 4.78 is 2.09. The SMILES string of the molecule is O=C(c1cc2ccccc2[nH]1)N1CCn2ccnc2C1. The number of amides is 1. The van der Waals surface area contributed by atoms with Crippen LogP contribution in [-0.4, -0.2) is 31.9 Å². The number of nitrogens with zero attached hydrogens (tertiary/aromatic N) is 3.